The molecule has 0 aliphatic rings. The van der Waals surface area contributed by atoms with Gasteiger partial charge >= 0.3 is 0 Å². The molecule has 0 N–H and O–H groups in total. The molecule has 294 valence electrons. The van der Waals surface area contributed by atoms with Crippen LogP contribution < -0.4 is 0 Å². The third-order valence-electron chi connectivity index (χ3n) is 11.6. The Balaban J connectivity index is 0.985. The minimum atomic E-state index is 0.535. The average molecular weight is 805 g/mol. The third kappa shape index (κ3) is 7.22. The van der Waals surface area contributed by atoms with Crippen LogP contribution in [0, 0.1) is 11.3 Å². The van der Waals surface area contributed by atoms with Gasteiger partial charge in [0, 0.05) is 27.5 Å². The van der Waals surface area contributed by atoms with Crippen molar-refractivity contribution in [3.8, 4) is 95.9 Å². The van der Waals surface area contributed by atoms with Gasteiger partial charge in [-0.25, -0.2) is 15.0 Å². The Morgan fingerprint density at radius 3 is 1.37 bits per heavy atom. The fourth-order valence-electron chi connectivity index (χ4n) is 8.39. The molecule has 5 nitrogen and oxygen atoms in total. The van der Waals surface area contributed by atoms with E-state index in [1.807, 2.05) is 78.9 Å². The van der Waals surface area contributed by atoms with Crippen molar-refractivity contribution in [2.75, 3.05) is 0 Å². The first kappa shape index (κ1) is 37.3. The third-order valence-corrected chi connectivity index (χ3v) is 11.6. The fraction of sp³-hybridized carbons (Fsp3) is 0. The van der Waals surface area contributed by atoms with Gasteiger partial charge in [-0.1, -0.05) is 188 Å². The molecule has 0 amide bonds. The Kier molecular flexibility index (Phi) is 9.50. The molecule has 0 unspecified atom stereocenters. The summed E-state index contributed by atoms with van der Waals surface area (Å²) in [7, 11) is 0. The molecule has 11 rings (SSSR count). The van der Waals surface area contributed by atoms with E-state index in [1.54, 1.807) is 0 Å². The van der Waals surface area contributed by atoms with Crippen molar-refractivity contribution >= 4 is 21.9 Å². The lowest BCUT2D eigenvalue weighted by atomic mass is 9.96. The molecule has 11 aromatic rings. The molecule has 0 spiro atoms. The minimum absolute atomic E-state index is 0.535. The largest absolute Gasteiger partial charge is 0.456 e. The summed E-state index contributed by atoms with van der Waals surface area (Å²) in [6.45, 7) is 0. The SMILES string of the molecule is N#Cc1ccccc1-c1ccc(-c2nc(-c3ccc(-c4cccc(-c5ccccc5)c4)cc3)nc(-c3ccc4c(c3)oc3cccc(-c5ccc(-c6ccccc6)cc5)c34)n2)cc1. The highest BCUT2D eigenvalue weighted by molar-refractivity contribution is 6.13. The summed E-state index contributed by atoms with van der Waals surface area (Å²) >= 11 is 0. The second kappa shape index (κ2) is 16.0. The first-order valence-electron chi connectivity index (χ1n) is 20.9. The number of fused-ring (bicyclic) bond motifs is 3. The van der Waals surface area contributed by atoms with E-state index in [0.717, 1.165) is 72.0 Å². The summed E-state index contributed by atoms with van der Waals surface area (Å²) in [5.74, 6) is 1.64. The molecule has 0 saturated heterocycles. The highest BCUT2D eigenvalue weighted by Gasteiger charge is 2.18. The van der Waals surface area contributed by atoms with Crippen molar-refractivity contribution in [2.45, 2.75) is 0 Å². The van der Waals surface area contributed by atoms with Crippen LogP contribution in [0.1, 0.15) is 5.56 Å². The molecule has 0 bridgehead atoms. The molecular formula is C58H36N4O. The number of rotatable bonds is 8. The first-order chi connectivity index (χ1) is 31.1. The number of nitrogens with zero attached hydrogens (tertiary/aromatic N) is 4. The van der Waals surface area contributed by atoms with E-state index in [2.05, 4.69) is 146 Å². The number of nitriles is 1. The fourth-order valence-corrected chi connectivity index (χ4v) is 8.39. The van der Waals surface area contributed by atoms with Crippen LogP contribution in [0.5, 0.6) is 0 Å². The Bertz CT molecular complexity index is 3480. The Labute approximate surface area is 364 Å². The molecule has 0 fully saturated rings. The van der Waals surface area contributed by atoms with Crippen molar-refractivity contribution in [2.24, 2.45) is 0 Å². The molecule has 0 radical (unpaired) electrons. The highest BCUT2D eigenvalue weighted by Crippen LogP contribution is 2.39. The predicted molar refractivity (Wildman–Crippen MR) is 255 cm³/mol. The lowest BCUT2D eigenvalue weighted by Crippen LogP contribution is -2.00. The van der Waals surface area contributed by atoms with Crippen LogP contribution in [0.2, 0.25) is 0 Å². The molecule has 0 aliphatic carbocycles. The standard InChI is InChI=1S/C58H36N4O/c59-37-49-15-7-8-18-50(49)42-27-31-45(32-28-42)57-60-56(44-29-23-41(24-30-44)47-17-9-16-46(35-47)39-13-5-2-6-14-39)61-58(62-57)48-33-34-52-54(36-48)63-53-20-10-19-51(55(52)53)43-25-21-40(22-26-43)38-11-3-1-4-12-38/h1-36H. The van der Waals surface area contributed by atoms with E-state index >= 15 is 0 Å². The molecule has 2 aromatic heterocycles. The monoisotopic (exact) mass is 804 g/mol. The zero-order chi connectivity index (χ0) is 42.1. The number of benzene rings is 9. The molecule has 0 saturated carbocycles. The van der Waals surface area contributed by atoms with Gasteiger partial charge < -0.3 is 4.42 Å². The molecule has 2 heterocycles. The van der Waals surface area contributed by atoms with E-state index in [0.29, 0.717) is 23.0 Å². The van der Waals surface area contributed by atoms with Crippen LogP contribution in [-0.2, 0) is 0 Å². The maximum absolute atomic E-state index is 9.77. The Hall–Kier alpha value is -8.72. The van der Waals surface area contributed by atoms with E-state index in [9.17, 15) is 5.26 Å². The van der Waals surface area contributed by atoms with Gasteiger partial charge in [0.05, 0.1) is 11.6 Å². The zero-order valence-electron chi connectivity index (χ0n) is 34.0. The van der Waals surface area contributed by atoms with Crippen molar-refractivity contribution in [1.29, 1.82) is 5.26 Å². The molecule has 9 aromatic carbocycles. The van der Waals surface area contributed by atoms with E-state index in [-0.39, 0.29) is 0 Å². The number of hydrogen-bond donors (Lipinski definition) is 0. The van der Waals surface area contributed by atoms with Crippen molar-refractivity contribution in [3.63, 3.8) is 0 Å². The van der Waals surface area contributed by atoms with Gasteiger partial charge in [0.2, 0.25) is 0 Å². The van der Waals surface area contributed by atoms with Gasteiger partial charge in [0.1, 0.15) is 11.2 Å². The van der Waals surface area contributed by atoms with Crippen LogP contribution in [0.15, 0.2) is 223 Å². The predicted octanol–water partition coefficient (Wildman–Crippen LogP) is 15.0. The van der Waals surface area contributed by atoms with Crippen molar-refractivity contribution in [1.82, 2.24) is 15.0 Å². The maximum atomic E-state index is 9.77. The van der Waals surface area contributed by atoms with Crippen LogP contribution in [0.25, 0.3) is 112 Å². The lowest BCUT2D eigenvalue weighted by Gasteiger charge is -2.10. The summed E-state index contributed by atoms with van der Waals surface area (Å²) in [5.41, 5.74) is 15.7. The minimum Gasteiger partial charge on any atom is -0.456 e. The number of aromatic nitrogens is 3. The molecule has 5 heteroatoms. The van der Waals surface area contributed by atoms with Crippen molar-refractivity contribution < 1.29 is 4.42 Å². The zero-order valence-corrected chi connectivity index (χ0v) is 34.0. The first-order valence-corrected chi connectivity index (χ1v) is 20.9. The van der Waals surface area contributed by atoms with Crippen LogP contribution in [0.3, 0.4) is 0 Å². The van der Waals surface area contributed by atoms with Crippen LogP contribution in [-0.4, -0.2) is 15.0 Å². The van der Waals surface area contributed by atoms with E-state index < -0.39 is 0 Å². The van der Waals surface area contributed by atoms with Gasteiger partial charge in [-0.2, -0.15) is 5.26 Å². The summed E-state index contributed by atoms with van der Waals surface area (Å²) in [4.78, 5) is 15.2. The average Bonchev–Trinajstić information content (AvgIpc) is 3.75. The molecule has 0 atom stereocenters. The Morgan fingerprint density at radius 1 is 0.317 bits per heavy atom. The molecule has 0 aliphatic heterocycles. The lowest BCUT2D eigenvalue weighted by molar-refractivity contribution is 0.669. The van der Waals surface area contributed by atoms with Crippen molar-refractivity contribution in [3.05, 3.63) is 224 Å². The smallest absolute Gasteiger partial charge is 0.164 e. The van der Waals surface area contributed by atoms with Gasteiger partial charge in [-0.15, -0.1) is 0 Å². The van der Waals surface area contributed by atoms with Gasteiger partial charge in [-0.3, -0.25) is 0 Å². The van der Waals surface area contributed by atoms with Crippen LogP contribution in [0.4, 0.5) is 0 Å². The summed E-state index contributed by atoms with van der Waals surface area (Å²) in [6.07, 6.45) is 0. The van der Waals surface area contributed by atoms with E-state index in [1.165, 1.54) is 22.3 Å². The van der Waals surface area contributed by atoms with Crippen LogP contribution >= 0.6 is 0 Å². The quantitative estimate of drug-likeness (QED) is 0.153. The Morgan fingerprint density at radius 2 is 0.746 bits per heavy atom. The van der Waals surface area contributed by atoms with Gasteiger partial charge in [-0.05, 0) is 86.0 Å². The highest BCUT2D eigenvalue weighted by atomic mass is 16.3. The summed E-state index contributed by atoms with van der Waals surface area (Å²) < 4.78 is 6.57. The maximum Gasteiger partial charge on any atom is 0.164 e. The number of furan rings is 1. The molecule has 63 heavy (non-hydrogen) atoms. The van der Waals surface area contributed by atoms with E-state index in [4.69, 9.17) is 19.4 Å². The van der Waals surface area contributed by atoms with Gasteiger partial charge in [0.15, 0.2) is 17.5 Å². The summed E-state index contributed by atoms with van der Waals surface area (Å²) in [6, 6.07) is 77.0. The molecular weight excluding hydrogens is 769 g/mol. The summed E-state index contributed by atoms with van der Waals surface area (Å²) in [5, 5.41) is 11.9. The normalized spacial score (nSPS) is 11.2. The van der Waals surface area contributed by atoms with Gasteiger partial charge in [0.25, 0.3) is 0 Å². The second-order valence-corrected chi connectivity index (χ2v) is 15.5. The second-order valence-electron chi connectivity index (χ2n) is 15.5. The topological polar surface area (TPSA) is 75.6 Å². The number of hydrogen-bond acceptors (Lipinski definition) is 5.